The molecule has 0 unspecified atom stereocenters. The van der Waals surface area contributed by atoms with E-state index in [1.54, 1.807) is 0 Å². The highest BCUT2D eigenvalue weighted by molar-refractivity contribution is 5.31. The zero-order valence-corrected chi connectivity index (χ0v) is 11.9. The number of nitrogens with one attached hydrogen (secondary N) is 1. The SMILES string of the molecule is Fc1ccc(CCc2cnc(N3CCNCC3)nc2)cc1. The smallest absolute Gasteiger partial charge is 0.225 e. The molecule has 21 heavy (non-hydrogen) atoms. The van der Waals surface area contributed by atoms with Gasteiger partial charge in [-0.1, -0.05) is 12.1 Å². The van der Waals surface area contributed by atoms with Gasteiger partial charge in [0.25, 0.3) is 0 Å². The van der Waals surface area contributed by atoms with Crippen LogP contribution in [-0.2, 0) is 12.8 Å². The molecule has 0 spiro atoms. The second-order valence-corrected chi connectivity index (χ2v) is 5.25. The van der Waals surface area contributed by atoms with E-state index in [0.29, 0.717) is 0 Å². The minimum Gasteiger partial charge on any atom is -0.338 e. The van der Waals surface area contributed by atoms with Crippen molar-refractivity contribution in [3.63, 3.8) is 0 Å². The molecule has 2 heterocycles. The molecule has 110 valence electrons. The highest BCUT2D eigenvalue weighted by atomic mass is 19.1. The molecule has 1 aliphatic rings. The van der Waals surface area contributed by atoms with E-state index in [1.807, 2.05) is 24.5 Å². The first-order valence-corrected chi connectivity index (χ1v) is 7.32. The van der Waals surface area contributed by atoms with Crippen LogP contribution >= 0.6 is 0 Å². The summed E-state index contributed by atoms with van der Waals surface area (Å²) in [5.74, 6) is 0.615. The summed E-state index contributed by atoms with van der Waals surface area (Å²) in [5, 5.41) is 3.31. The Bertz CT molecular complexity index is 562. The van der Waals surface area contributed by atoms with Crippen LogP contribution in [0.15, 0.2) is 36.7 Å². The van der Waals surface area contributed by atoms with E-state index >= 15 is 0 Å². The Morgan fingerprint density at radius 3 is 2.24 bits per heavy atom. The van der Waals surface area contributed by atoms with Crippen LogP contribution < -0.4 is 10.2 Å². The summed E-state index contributed by atoms with van der Waals surface area (Å²) in [5.41, 5.74) is 2.24. The van der Waals surface area contributed by atoms with E-state index in [-0.39, 0.29) is 5.82 Å². The Balaban J connectivity index is 1.57. The van der Waals surface area contributed by atoms with Crippen LogP contribution in [0.3, 0.4) is 0 Å². The molecule has 5 heteroatoms. The number of piperazine rings is 1. The van der Waals surface area contributed by atoms with E-state index in [9.17, 15) is 4.39 Å². The normalized spacial score (nSPS) is 15.2. The van der Waals surface area contributed by atoms with Gasteiger partial charge in [-0.15, -0.1) is 0 Å². The summed E-state index contributed by atoms with van der Waals surface area (Å²) < 4.78 is 12.8. The van der Waals surface area contributed by atoms with E-state index in [4.69, 9.17) is 0 Å². The Morgan fingerprint density at radius 1 is 0.952 bits per heavy atom. The van der Waals surface area contributed by atoms with Gasteiger partial charge in [0.05, 0.1) is 0 Å². The van der Waals surface area contributed by atoms with Crippen molar-refractivity contribution in [2.75, 3.05) is 31.1 Å². The topological polar surface area (TPSA) is 41.1 Å². The minimum atomic E-state index is -0.192. The van der Waals surface area contributed by atoms with Crippen LogP contribution in [0.25, 0.3) is 0 Å². The lowest BCUT2D eigenvalue weighted by atomic mass is 10.1. The molecule has 1 aromatic carbocycles. The van der Waals surface area contributed by atoms with Gasteiger partial charge >= 0.3 is 0 Å². The van der Waals surface area contributed by atoms with Crippen LogP contribution in [-0.4, -0.2) is 36.1 Å². The predicted molar refractivity (Wildman–Crippen MR) is 80.9 cm³/mol. The molecule has 0 radical (unpaired) electrons. The number of benzene rings is 1. The van der Waals surface area contributed by atoms with Gasteiger partial charge in [-0.3, -0.25) is 0 Å². The number of hydrogen-bond acceptors (Lipinski definition) is 4. The lowest BCUT2D eigenvalue weighted by molar-refractivity contribution is 0.579. The van der Waals surface area contributed by atoms with E-state index in [1.165, 1.54) is 12.1 Å². The average Bonchev–Trinajstić information content (AvgIpc) is 2.56. The van der Waals surface area contributed by atoms with Gasteiger partial charge in [0, 0.05) is 38.6 Å². The van der Waals surface area contributed by atoms with Crippen molar-refractivity contribution in [3.8, 4) is 0 Å². The molecule has 0 atom stereocenters. The van der Waals surface area contributed by atoms with Crippen LogP contribution in [0.1, 0.15) is 11.1 Å². The van der Waals surface area contributed by atoms with Crippen LogP contribution in [0.2, 0.25) is 0 Å². The lowest BCUT2D eigenvalue weighted by Crippen LogP contribution is -2.44. The van der Waals surface area contributed by atoms with Crippen molar-refractivity contribution < 1.29 is 4.39 Å². The first-order chi connectivity index (χ1) is 10.3. The molecule has 0 amide bonds. The van der Waals surface area contributed by atoms with E-state index in [2.05, 4.69) is 20.2 Å². The summed E-state index contributed by atoms with van der Waals surface area (Å²) >= 11 is 0. The van der Waals surface area contributed by atoms with Gasteiger partial charge in [0.1, 0.15) is 5.82 Å². The van der Waals surface area contributed by atoms with E-state index < -0.39 is 0 Å². The van der Waals surface area contributed by atoms with Gasteiger partial charge < -0.3 is 10.2 Å². The highest BCUT2D eigenvalue weighted by Gasteiger charge is 2.12. The average molecular weight is 286 g/mol. The molecule has 0 aliphatic carbocycles. The summed E-state index contributed by atoms with van der Waals surface area (Å²) in [6.45, 7) is 3.87. The van der Waals surface area contributed by atoms with Crippen molar-refractivity contribution >= 4 is 5.95 Å². The molecule has 2 aromatic rings. The Morgan fingerprint density at radius 2 is 1.57 bits per heavy atom. The van der Waals surface area contributed by atoms with Crippen molar-refractivity contribution in [2.24, 2.45) is 0 Å². The first-order valence-electron chi connectivity index (χ1n) is 7.32. The maximum atomic E-state index is 12.8. The monoisotopic (exact) mass is 286 g/mol. The maximum absolute atomic E-state index is 12.8. The molecule has 0 bridgehead atoms. The van der Waals surface area contributed by atoms with Gasteiger partial charge in [-0.2, -0.15) is 0 Å². The Labute approximate surface area is 124 Å². The Kier molecular flexibility index (Phi) is 4.40. The number of anilines is 1. The maximum Gasteiger partial charge on any atom is 0.225 e. The molecule has 1 fully saturated rings. The molecule has 3 rings (SSSR count). The second kappa shape index (κ2) is 6.63. The third-order valence-corrected chi connectivity index (χ3v) is 3.71. The fourth-order valence-electron chi connectivity index (χ4n) is 2.44. The quantitative estimate of drug-likeness (QED) is 0.930. The lowest BCUT2D eigenvalue weighted by Gasteiger charge is -2.27. The number of halogens is 1. The molecule has 1 aliphatic heterocycles. The molecule has 4 nitrogen and oxygen atoms in total. The zero-order valence-electron chi connectivity index (χ0n) is 11.9. The van der Waals surface area contributed by atoms with Gasteiger partial charge in [-0.05, 0) is 36.1 Å². The summed E-state index contributed by atoms with van der Waals surface area (Å²) in [4.78, 5) is 11.1. The number of aryl methyl sites for hydroxylation is 2. The van der Waals surface area contributed by atoms with Gasteiger partial charge in [-0.25, -0.2) is 14.4 Å². The fourth-order valence-corrected chi connectivity index (χ4v) is 2.44. The molecule has 1 N–H and O–H groups in total. The van der Waals surface area contributed by atoms with Crippen LogP contribution in [0.4, 0.5) is 10.3 Å². The molecule has 1 aromatic heterocycles. The third kappa shape index (κ3) is 3.76. The molecule has 1 saturated heterocycles. The number of nitrogens with zero attached hydrogens (tertiary/aromatic N) is 3. The van der Waals surface area contributed by atoms with Crippen molar-refractivity contribution in [1.29, 1.82) is 0 Å². The summed E-state index contributed by atoms with van der Waals surface area (Å²) in [7, 11) is 0. The van der Waals surface area contributed by atoms with Crippen molar-refractivity contribution in [3.05, 3.63) is 53.6 Å². The van der Waals surface area contributed by atoms with Crippen LogP contribution in [0.5, 0.6) is 0 Å². The largest absolute Gasteiger partial charge is 0.338 e. The fraction of sp³-hybridized carbons (Fsp3) is 0.375. The first kappa shape index (κ1) is 13.9. The summed E-state index contributed by atoms with van der Waals surface area (Å²) in [6.07, 6.45) is 5.53. The molecular formula is C16H19FN4. The molecular weight excluding hydrogens is 267 g/mol. The minimum absolute atomic E-state index is 0.192. The number of hydrogen-bond donors (Lipinski definition) is 1. The second-order valence-electron chi connectivity index (χ2n) is 5.25. The molecule has 0 saturated carbocycles. The van der Waals surface area contributed by atoms with Gasteiger partial charge in [0.2, 0.25) is 5.95 Å². The van der Waals surface area contributed by atoms with Crippen molar-refractivity contribution in [2.45, 2.75) is 12.8 Å². The number of aromatic nitrogens is 2. The summed E-state index contributed by atoms with van der Waals surface area (Å²) in [6, 6.07) is 6.65. The predicted octanol–water partition coefficient (Wildman–Crippen LogP) is 1.81. The van der Waals surface area contributed by atoms with E-state index in [0.717, 1.165) is 56.1 Å². The van der Waals surface area contributed by atoms with Crippen LogP contribution in [0, 0.1) is 5.82 Å². The zero-order chi connectivity index (χ0) is 14.5. The number of rotatable bonds is 4. The van der Waals surface area contributed by atoms with Crippen molar-refractivity contribution in [1.82, 2.24) is 15.3 Å². The highest BCUT2D eigenvalue weighted by Crippen LogP contribution is 2.11. The van der Waals surface area contributed by atoms with Gasteiger partial charge in [0.15, 0.2) is 0 Å². The Hall–Kier alpha value is -2.01. The standard InChI is InChI=1S/C16H19FN4/c17-15-5-3-13(4-6-15)1-2-14-11-19-16(20-12-14)21-9-7-18-8-10-21/h3-6,11-12,18H,1-2,7-10H2. The third-order valence-electron chi connectivity index (χ3n) is 3.71.